The Balaban J connectivity index is 2.23. The van der Waals surface area contributed by atoms with Gasteiger partial charge in [0.25, 0.3) is 0 Å². The van der Waals surface area contributed by atoms with Crippen molar-refractivity contribution in [2.45, 2.75) is 78.4 Å². The van der Waals surface area contributed by atoms with Crippen LogP contribution >= 0.6 is 0 Å². The maximum Gasteiger partial charge on any atom is 0.410 e. The number of ketones is 1. The fraction of sp³-hybridized carbons (Fsp3) is 0.882. The Kier molecular flexibility index (Phi) is 4.36. The van der Waals surface area contributed by atoms with Crippen molar-refractivity contribution in [2.75, 3.05) is 6.54 Å². The van der Waals surface area contributed by atoms with Gasteiger partial charge in [-0.15, -0.1) is 0 Å². The predicted octanol–water partition coefficient (Wildman–Crippen LogP) is 3.78. The Bertz CT molecular complexity index is 426. The Morgan fingerprint density at radius 1 is 1.38 bits per heavy atom. The molecule has 1 heterocycles. The van der Waals surface area contributed by atoms with Gasteiger partial charge in [-0.1, -0.05) is 26.7 Å². The smallest absolute Gasteiger partial charge is 0.410 e. The number of rotatable bonds is 2. The van der Waals surface area contributed by atoms with Crippen LogP contribution in [0, 0.1) is 11.3 Å². The van der Waals surface area contributed by atoms with Crippen LogP contribution in [0.3, 0.4) is 0 Å². The highest BCUT2D eigenvalue weighted by Gasteiger charge is 2.61. The van der Waals surface area contributed by atoms with Gasteiger partial charge in [-0.2, -0.15) is 0 Å². The maximum absolute atomic E-state index is 12.5. The second kappa shape index (κ2) is 5.62. The van der Waals surface area contributed by atoms with Gasteiger partial charge in [-0.05, 0) is 40.0 Å². The van der Waals surface area contributed by atoms with E-state index in [1.54, 1.807) is 0 Å². The lowest BCUT2D eigenvalue weighted by molar-refractivity contribution is -0.158. The Morgan fingerprint density at radius 3 is 2.62 bits per heavy atom. The number of hydrogen-bond donors (Lipinski definition) is 0. The van der Waals surface area contributed by atoms with E-state index in [9.17, 15) is 9.59 Å². The first-order chi connectivity index (χ1) is 9.70. The molecular weight excluding hydrogens is 266 g/mol. The van der Waals surface area contributed by atoms with Crippen LogP contribution in [-0.4, -0.2) is 35.0 Å². The molecule has 0 spiro atoms. The zero-order chi connectivity index (χ0) is 15.8. The van der Waals surface area contributed by atoms with Crippen LogP contribution in [0.25, 0.3) is 0 Å². The molecule has 1 aliphatic heterocycles. The number of ether oxygens (including phenoxy) is 1. The van der Waals surface area contributed by atoms with Gasteiger partial charge < -0.3 is 9.64 Å². The van der Waals surface area contributed by atoms with E-state index in [2.05, 4.69) is 6.92 Å². The number of amides is 1. The molecule has 4 heteroatoms. The van der Waals surface area contributed by atoms with E-state index in [1.807, 2.05) is 32.6 Å². The summed E-state index contributed by atoms with van der Waals surface area (Å²) in [7, 11) is 0. The van der Waals surface area contributed by atoms with Crippen molar-refractivity contribution in [1.82, 2.24) is 4.90 Å². The topological polar surface area (TPSA) is 46.6 Å². The molecule has 1 unspecified atom stereocenters. The van der Waals surface area contributed by atoms with E-state index in [0.29, 0.717) is 12.3 Å². The van der Waals surface area contributed by atoms with Crippen molar-refractivity contribution in [2.24, 2.45) is 11.3 Å². The Morgan fingerprint density at radius 2 is 2.05 bits per heavy atom. The zero-order valence-corrected chi connectivity index (χ0v) is 14.1. The molecule has 1 amide bonds. The summed E-state index contributed by atoms with van der Waals surface area (Å²) in [6.07, 6.45) is 4.47. The summed E-state index contributed by atoms with van der Waals surface area (Å²) >= 11 is 0. The molecule has 2 fully saturated rings. The second-order valence-electron chi connectivity index (χ2n) is 7.75. The number of Topliss-reactive ketones (excluding diaryl/α,β-unsaturated/α-hetero) is 1. The van der Waals surface area contributed by atoms with Crippen LogP contribution in [0.5, 0.6) is 0 Å². The van der Waals surface area contributed by atoms with Crippen LogP contribution in [0.2, 0.25) is 0 Å². The van der Waals surface area contributed by atoms with Crippen molar-refractivity contribution < 1.29 is 14.3 Å². The van der Waals surface area contributed by atoms with Gasteiger partial charge >= 0.3 is 6.09 Å². The SMILES string of the molecule is CCCC1(C)C(=O)[C@H]2CCCCN(C(=O)OC(C)(C)C)[C@H]21. The van der Waals surface area contributed by atoms with E-state index < -0.39 is 5.60 Å². The zero-order valence-electron chi connectivity index (χ0n) is 14.1. The molecule has 0 radical (unpaired) electrons. The van der Waals surface area contributed by atoms with Gasteiger partial charge in [0, 0.05) is 17.9 Å². The van der Waals surface area contributed by atoms with Gasteiger partial charge in [-0.3, -0.25) is 4.79 Å². The molecule has 4 nitrogen and oxygen atoms in total. The molecule has 21 heavy (non-hydrogen) atoms. The first-order valence-corrected chi connectivity index (χ1v) is 8.24. The van der Waals surface area contributed by atoms with Crippen LogP contribution in [0.4, 0.5) is 4.79 Å². The number of carbonyl (C=O) groups is 2. The average molecular weight is 295 g/mol. The largest absolute Gasteiger partial charge is 0.444 e. The molecule has 2 aliphatic rings. The lowest BCUT2D eigenvalue weighted by atomic mass is 9.54. The van der Waals surface area contributed by atoms with Crippen molar-refractivity contribution in [1.29, 1.82) is 0 Å². The molecule has 0 N–H and O–H groups in total. The van der Waals surface area contributed by atoms with Crippen LogP contribution < -0.4 is 0 Å². The summed E-state index contributed by atoms with van der Waals surface area (Å²) < 4.78 is 5.57. The second-order valence-corrected chi connectivity index (χ2v) is 7.75. The lowest BCUT2D eigenvalue weighted by Crippen LogP contribution is -2.67. The first kappa shape index (κ1) is 16.3. The molecule has 3 atom stereocenters. The fourth-order valence-electron chi connectivity index (χ4n) is 4.01. The minimum absolute atomic E-state index is 0.0246. The summed E-state index contributed by atoms with van der Waals surface area (Å²) in [6, 6.07) is 0.0299. The number of hydrogen-bond acceptors (Lipinski definition) is 3. The fourth-order valence-corrected chi connectivity index (χ4v) is 4.01. The van der Waals surface area contributed by atoms with Gasteiger partial charge in [0.2, 0.25) is 0 Å². The van der Waals surface area contributed by atoms with Crippen LogP contribution in [0.1, 0.15) is 66.7 Å². The van der Waals surface area contributed by atoms with Crippen molar-refractivity contribution in [3.05, 3.63) is 0 Å². The molecule has 1 saturated heterocycles. The van der Waals surface area contributed by atoms with Crippen LogP contribution in [0.15, 0.2) is 0 Å². The van der Waals surface area contributed by atoms with E-state index in [-0.39, 0.29) is 23.5 Å². The summed E-state index contributed by atoms with van der Waals surface area (Å²) in [5.41, 5.74) is -0.867. The highest BCUT2D eigenvalue weighted by Crippen LogP contribution is 2.51. The summed E-state index contributed by atoms with van der Waals surface area (Å²) in [4.78, 5) is 26.9. The van der Waals surface area contributed by atoms with Gasteiger partial charge in [0.05, 0.1) is 6.04 Å². The minimum atomic E-state index is -0.492. The minimum Gasteiger partial charge on any atom is -0.444 e. The van der Waals surface area contributed by atoms with E-state index >= 15 is 0 Å². The Hall–Kier alpha value is -1.06. The molecule has 1 saturated carbocycles. The van der Waals surface area contributed by atoms with E-state index in [4.69, 9.17) is 4.74 Å². The standard InChI is InChI=1S/C17H29NO3/c1-6-10-17(5)13-12(14(17)19)9-7-8-11-18(13)15(20)21-16(2,3)4/h12-13H,6-11H2,1-5H3/t12-,13+,17?/m0/s1. The molecule has 2 rings (SSSR count). The molecule has 0 aromatic rings. The number of carbonyl (C=O) groups excluding carboxylic acids is 2. The van der Waals surface area contributed by atoms with Gasteiger partial charge in [-0.25, -0.2) is 4.79 Å². The number of fused-ring (bicyclic) bond motifs is 1. The number of likely N-dealkylation sites (tertiary alicyclic amines) is 1. The van der Waals surface area contributed by atoms with Crippen molar-refractivity contribution in [3.63, 3.8) is 0 Å². The molecule has 120 valence electrons. The quantitative estimate of drug-likeness (QED) is 0.779. The monoisotopic (exact) mass is 295 g/mol. The lowest BCUT2D eigenvalue weighted by Gasteiger charge is -2.55. The van der Waals surface area contributed by atoms with Gasteiger partial charge in [0.15, 0.2) is 0 Å². The molecule has 0 aromatic heterocycles. The highest BCUT2D eigenvalue weighted by molar-refractivity contribution is 5.96. The van der Waals surface area contributed by atoms with E-state index in [1.165, 1.54) is 0 Å². The van der Waals surface area contributed by atoms with E-state index in [0.717, 1.165) is 32.1 Å². The predicted molar refractivity (Wildman–Crippen MR) is 82.1 cm³/mol. The van der Waals surface area contributed by atoms with Gasteiger partial charge in [0.1, 0.15) is 11.4 Å². The summed E-state index contributed by atoms with van der Waals surface area (Å²) in [6.45, 7) is 10.5. The third-order valence-corrected chi connectivity index (χ3v) is 4.83. The Labute approximate surface area is 128 Å². The molecule has 0 bridgehead atoms. The maximum atomic E-state index is 12.5. The van der Waals surface area contributed by atoms with Crippen molar-refractivity contribution in [3.8, 4) is 0 Å². The third kappa shape index (κ3) is 2.95. The summed E-state index contributed by atoms with van der Waals surface area (Å²) in [5, 5.41) is 0. The highest BCUT2D eigenvalue weighted by atomic mass is 16.6. The number of nitrogens with zero attached hydrogens (tertiary/aromatic N) is 1. The molecular formula is C17H29NO3. The third-order valence-electron chi connectivity index (χ3n) is 4.83. The van der Waals surface area contributed by atoms with Crippen molar-refractivity contribution >= 4 is 11.9 Å². The normalized spacial score (nSPS) is 33.0. The summed E-state index contributed by atoms with van der Waals surface area (Å²) in [5.74, 6) is 0.376. The van der Waals surface area contributed by atoms with Crippen LogP contribution in [-0.2, 0) is 9.53 Å². The molecule has 1 aliphatic carbocycles. The average Bonchev–Trinajstić information content (AvgIpc) is 2.57. The first-order valence-electron chi connectivity index (χ1n) is 8.24. The molecule has 0 aromatic carbocycles.